The SMILES string of the molecule is CC(C)(C)C1CCN(C(=O)c2csc(CCN)n2)CC1.Cl. The van der Waals surface area contributed by atoms with Crippen LogP contribution in [0.1, 0.15) is 49.1 Å². The number of thiazole rings is 1. The molecule has 0 saturated carbocycles. The number of nitrogens with two attached hydrogens (primary N) is 1. The van der Waals surface area contributed by atoms with Gasteiger partial charge in [0.05, 0.1) is 5.01 Å². The van der Waals surface area contributed by atoms with Crippen molar-refractivity contribution in [3.63, 3.8) is 0 Å². The van der Waals surface area contributed by atoms with Gasteiger partial charge in [-0.2, -0.15) is 0 Å². The summed E-state index contributed by atoms with van der Waals surface area (Å²) in [7, 11) is 0. The van der Waals surface area contributed by atoms with Gasteiger partial charge in [0.15, 0.2) is 0 Å². The average molecular weight is 332 g/mol. The molecule has 0 radical (unpaired) electrons. The molecule has 0 aliphatic carbocycles. The fourth-order valence-corrected chi connectivity index (χ4v) is 3.55. The third-order valence-corrected chi connectivity index (χ3v) is 5.04. The molecule has 2 rings (SSSR count). The Morgan fingerprint density at radius 2 is 2.05 bits per heavy atom. The van der Waals surface area contributed by atoms with Gasteiger partial charge in [0.2, 0.25) is 0 Å². The van der Waals surface area contributed by atoms with E-state index >= 15 is 0 Å². The zero-order valence-corrected chi connectivity index (χ0v) is 14.7. The van der Waals surface area contributed by atoms with Crippen LogP contribution in [0.15, 0.2) is 5.38 Å². The second-order valence-corrected chi connectivity index (χ2v) is 7.54. The maximum Gasteiger partial charge on any atom is 0.273 e. The Hall–Kier alpha value is -0.650. The molecule has 1 aromatic rings. The van der Waals surface area contributed by atoms with Crippen LogP contribution in [0, 0.1) is 11.3 Å². The van der Waals surface area contributed by atoms with Gasteiger partial charge in [-0.05, 0) is 30.7 Å². The predicted octanol–water partition coefficient (Wildman–Crippen LogP) is 2.96. The summed E-state index contributed by atoms with van der Waals surface area (Å²) in [5.74, 6) is 0.784. The van der Waals surface area contributed by atoms with Gasteiger partial charge in [-0.15, -0.1) is 23.7 Å². The summed E-state index contributed by atoms with van der Waals surface area (Å²) < 4.78 is 0. The topological polar surface area (TPSA) is 59.2 Å². The van der Waals surface area contributed by atoms with Gasteiger partial charge in [-0.1, -0.05) is 20.8 Å². The lowest BCUT2D eigenvalue weighted by Gasteiger charge is -2.38. The number of carbonyl (C=O) groups is 1. The van der Waals surface area contributed by atoms with E-state index in [0.717, 1.165) is 37.4 Å². The van der Waals surface area contributed by atoms with Crippen LogP contribution in [0.5, 0.6) is 0 Å². The van der Waals surface area contributed by atoms with E-state index in [-0.39, 0.29) is 18.3 Å². The van der Waals surface area contributed by atoms with Gasteiger partial charge >= 0.3 is 0 Å². The van der Waals surface area contributed by atoms with E-state index in [1.54, 1.807) is 0 Å². The van der Waals surface area contributed by atoms with E-state index in [2.05, 4.69) is 25.8 Å². The first-order valence-corrected chi connectivity index (χ1v) is 8.23. The first kappa shape index (κ1) is 18.4. The Morgan fingerprint density at radius 3 is 2.57 bits per heavy atom. The fourth-order valence-electron chi connectivity index (χ4n) is 2.76. The third-order valence-electron chi connectivity index (χ3n) is 4.14. The van der Waals surface area contributed by atoms with Crippen molar-refractivity contribution < 1.29 is 4.79 Å². The Kier molecular flexibility index (Phi) is 6.63. The average Bonchev–Trinajstić information content (AvgIpc) is 2.86. The van der Waals surface area contributed by atoms with Gasteiger partial charge in [0, 0.05) is 24.9 Å². The minimum atomic E-state index is 0. The third kappa shape index (κ3) is 4.66. The number of halogens is 1. The second-order valence-electron chi connectivity index (χ2n) is 6.60. The quantitative estimate of drug-likeness (QED) is 0.926. The van der Waals surface area contributed by atoms with Crippen LogP contribution in [0.25, 0.3) is 0 Å². The van der Waals surface area contributed by atoms with Crippen LogP contribution in [0.2, 0.25) is 0 Å². The summed E-state index contributed by atoms with van der Waals surface area (Å²) in [6.07, 6.45) is 2.94. The van der Waals surface area contributed by atoms with E-state index in [1.165, 1.54) is 11.3 Å². The molecular weight excluding hydrogens is 306 g/mol. The zero-order valence-electron chi connectivity index (χ0n) is 13.1. The lowest BCUT2D eigenvalue weighted by Crippen LogP contribution is -2.41. The van der Waals surface area contributed by atoms with Gasteiger partial charge in [-0.3, -0.25) is 4.79 Å². The van der Waals surface area contributed by atoms with Crippen LogP contribution in [-0.4, -0.2) is 35.4 Å². The van der Waals surface area contributed by atoms with Crippen molar-refractivity contribution in [2.75, 3.05) is 19.6 Å². The Balaban J connectivity index is 0.00000220. The van der Waals surface area contributed by atoms with Crippen LogP contribution < -0.4 is 5.73 Å². The van der Waals surface area contributed by atoms with Crippen LogP contribution in [0.4, 0.5) is 0 Å². The highest BCUT2D eigenvalue weighted by atomic mass is 35.5. The van der Waals surface area contributed by atoms with Gasteiger partial charge < -0.3 is 10.6 Å². The van der Waals surface area contributed by atoms with Crippen molar-refractivity contribution >= 4 is 29.7 Å². The van der Waals surface area contributed by atoms with Crippen molar-refractivity contribution in [3.05, 3.63) is 16.1 Å². The number of amides is 1. The standard InChI is InChI=1S/C15H25N3OS.ClH/c1-15(2,3)11-5-8-18(9-6-11)14(19)12-10-20-13(17-12)4-7-16;/h10-11H,4-9,16H2,1-3H3;1H. The van der Waals surface area contributed by atoms with Crippen molar-refractivity contribution in [1.29, 1.82) is 0 Å². The molecule has 21 heavy (non-hydrogen) atoms. The normalized spacial score (nSPS) is 16.7. The number of aromatic nitrogens is 1. The molecule has 0 bridgehead atoms. The Morgan fingerprint density at radius 1 is 1.43 bits per heavy atom. The fraction of sp³-hybridized carbons (Fsp3) is 0.733. The smallest absolute Gasteiger partial charge is 0.273 e. The maximum absolute atomic E-state index is 12.4. The molecule has 1 aromatic heterocycles. The van der Waals surface area contributed by atoms with Crippen LogP contribution in [-0.2, 0) is 6.42 Å². The molecule has 4 nitrogen and oxygen atoms in total. The molecule has 6 heteroatoms. The number of piperidine rings is 1. The van der Waals surface area contributed by atoms with Crippen molar-refractivity contribution in [2.24, 2.45) is 17.1 Å². The summed E-state index contributed by atoms with van der Waals surface area (Å²) in [6.45, 7) is 9.14. The lowest BCUT2D eigenvalue weighted by atomic mass is 9.75. The van der Waals surface area contributed by atoms with E-state index in [9.17, 15) is 4.79 Å². The first-order valence-electron chi connectivity index (χ1n) is 7.35. The van der Waals surface area contributed by atoms with Crippen LogP contribution in [0.3, 0.4) is 0 Å². The molecule has 0 atom stereocenters. The molecule has 120 valence electrons. The minimum absolute atomic E-state index is 0. The number of hydrogen-bond donors (Lipinski definition) is 1. The molecule has 2 N–H and O–H groups in total. The Bertz CT molecular complexity index is 462. The first-order chi connectivity index (χ1) is 9.41. The molecule has 0 aromatic carbocycles. The molecule has 1 saturated heterocycles. The summed E-state index contributed by atoms with van der Waals surface area (Å²) in [4.78, 5) is 18.8. The lowest BCUT2D eigenvalue weighted by molar-refractivity contribution is 0.0604. The van der Waals surface area contributed by atoms with Gasteiger partial charge in [-0.25, -0.2) is 4.98 Å². The largest absolute Gasteiger partial charge is 0.337 e. The molecule has 1 aliphatic rings. The predicted molar refractivity (Wildman–Crippen MR) is 90.2 cm³/mol. The van der Waals surface area contributed by atoms with Crippen LogP contribution >= 0.6 is 23.7 Å². The van der Waals surface area contributed by atoms with E-state index in [1.807, 2.05) is 10.3 Å². The van der Waals surface area contributed by atoms with E-state index < -0.39 is 0 Å². The number of carbonyl (C=O) groups excluding carboxylic acids is 1. The van der Waals surface area contributed by atoms with Crippen molar-refractivity contribution in [3.8, 4) is 0 Å². The van der Waals surface area contributed by atoms with E-state index in [4.69, 9.17) is 5.73 Å². The van der Waals surface area contributed by atoms with E-state index in [0.29, 0.717) is 23.6 Å². The summed E-state index contributed by atoms with van der Waals surface area (Å²) in [5, 5.41) is 2.82. The number of hydrogen-bond acceptors (Lipinski definition) is 4. The zero-order chi connectivity index (χ0) is 14.8. The summed E-state index contributed by atoms with van der Waals surface area (Å²) >= 11 is 1.53. The number of likely N-dealkylation sites (tertiary alicyclic amines) is 1. The molecule has 0 spiro atoms. The highest BCUT2D eigenvalue weighted by Gasteiger charge is 2.31. The minimum Gasteiger partial charge on any atom is -0.337 e. The summed E-state index contributed by atoms with van der Waals surface area (Å²) in [6, 6.07) is 0. The second kappa shape index (κ2) is 7.56. The van der Waals surface area contributed by atoms with Gasteiger partial charge in [0.1, 0.15) is 5.69 Å². The highest BCUT2D eigenvalue weighted by Crippen LogP contribution is 2.34. The number of rotatable bonds is 3. The highest BCUT2D eigenvalue weighted by molar-refractivity contribution is 7.09. The van der Waals surface area contributed by atoms with Gasteiger partial charge in [0.25, 0.3) is 5.91 Å². The molecule has 1 fully saturated rings. The molecular formula is C15H26ClN3OS. The van der Waals surface area contributed by atoms with Crippen molar-refractivity contribution in [1.82, 2.24) is 9.88 Å². The van der Waals surface area contributed by atoms with Crippen molar-refractivity contribution in [2.45, 2.75) is 40.0 Å². The monoisotopic (exact) mass is 331 g/mol. The molecule has 1 amide bonds. The Labute approximate surface area is 137 Å². The maximum atomic E-state index is 12.4. The summed E-state index contributed by atoms with van der Waals surface area (Å²) in [5.41, 5.74) is 6.44. The number of nitrogens with zero attached hydrogens (tertiary/aromatic N) is 2. The molecule has 2 heterocycles. The molecule has 0 unspecified atom stereocenters. The molecule has 1 aliphatic heterocycles.